The molecule has 2 aliphatic carbocycles. The third kappa shape index (κ3) is 1.69. The highest BCUT2D eigenvalue weighted by Gasteiger charge is 2.68. The number of ether oxygens (including phenoxy) is 1. The average molecular weight is 342 g/mol. The first-order chi connectivity index (χ1) is 11.9. The van der Waals surface area contributed by atoms with Crippen molar-refractivity contribution in [3.05, 3.63) is 35.4 Å². The second-order valence-electron chi connectivity index (χ2n) is 8.01. The van der Waals surface area contributed by atoms with E-state index in [9.17, 15) is 15.3 Å². The second kappa shape index (κ2) is 4.56. The molecule has 1 spiro atoms. The maximum atomic E-state index is 11.8. The van der Waals surface area contributed by atoms with E-state index in [1.54, 1.807) is 12.1 Å². The van der Waals surface area contributed by atoms with Crippen LogP contribution in [0.25, 0.3) is 0 Å². The Kier molecular flexibility index (Phi) is 2.78. The number of benzene rings is 1. The van der Waals surface area contributed by atoms with Crippen LogP contribution in [0.1, 0.15) is 24.5 Å². The van der Waals surface area contributed by atoms with Gasteiger partial charge in [0.2, 0.25) is 0 Å². The number of phenols is 1. The van der Waals surface area contributed by atoms with Gasteiger partial charge < -0.3 is 20.1 Å². The van der Waals surface area contributed by atoms with Crippen molar-refractivity contribution in [2.45, 2.75) is 43.4 Å². The molecule has 2 heterocycles. The van der Waals surface area contributed by atoms with Gasteiger partial charge in [0, 0.05) is 30.2 Å². The van der Waals surface area contributed by atoms with Gasteiger partial charge in [-0.05, 0) is 18.6 Å². The molecule has 1 aromatic carbocycles. The van der Waals surface area contributed by atoms with Crippen LogP contribution in [0.2, 0.25) is 0 Å². The van der Waals surface area contributed by atoms with E-state index in [2.05, 4.69) is 11.2 Å². The lowest BCUT2D eigenvalue weighted by atomic mass is 9.53. The van der Waals surface area contributed by atoms with E-state index in [-0.39, 0.29) is 29.0 Å². The average Bonchev–Trinajstić information content (AvgIpc) is 2.91. The Balaban J connectivity index is 1.77. The monoisotopic (exact) mass is 342 g/mol. The number of aromatic hydroxyl groups is 1. The number of aliphatic hydroxyl groups excluding tert-OH is 1. The van der Waals surface area contributed by atoms with E-state index in [0.717, 1.165) is 30.5 Å². The molecule has 2 aliphatic heterocycles. The summed E-state index contributed by atoms with van der Waals surface area (Å²) in [5.74, 6) is 0.643. The molecule has 0 radical (unpaired) electrons. The number of quaternary nitrogens is 1. The molecule has 6 atom stereocenters. The highest BCUT2D eigenvalue weighted by atomic mass is 16.5. The summed E-state index contributed by atoms with van der Waals surface area (Å²) in [5.41, 5.74) is 1.86. The summed E-state index contributed by atoms with van der Waals surface area (Å²) in [7, 11) is 2.02. The molecular formula is C19H22N2O4. The van der Waals surface area contributed by atoms with Crippen molar-refractivity contribution in [2.75, 3.05) is 13.6 Å². The first kappa shape index (κ1) is 15.2. The van der Waals surface area contributed by atoms with Crippen LogP contribution in [0.5, 0.6) is 11.5 Å². The van der Waals surface area contributed by atoms with Crippen molar-refractivity contribution in [3.63, 3.8) is 0 Å². The van der Waals surface area contributed by atoms with Gasteiger partial charge in [-0.3, -0.25) is 0 Å². The van der Waals surface area contributed by atoms with Crippen LogP contribution in [-0.4, -0.2) is 52.5 Å². The van der Waals surface area contributed by atoms with Gasteiger partial charge in [0.25, 0.3) is 0 Å². The minimum Gasteiger partial charge on any atom is -0.858 e. The summed E-state index contributed by atoms with van der Waals surface area (Å²) >= 11 is 0. The van der Waals surface area contributed by atoms with Crippen LogP contribution in [0.3, 0.4) is 0 Å². The fourth-order valence-electron chi connectivity index (χ4n) is 5.85. The highest BCUT2D eigenvalue weighted by molar-refractivity contribution is 5.67. The number of likely N-dealkylation sites (N-methyl/N-ethyl adjacent to an activating group) is 1. The highest BCUT2D eigenvalue weighted by Crippen LogP contribution is 2.63. The molecule has 0 amide bonds. The zero-order valence-corrected chi connectivity index (χ0v) is 14.3. The van der Waals surface area contributed by atoms with Crippen molar-refractivity contribution in [1.82, 2.24) is 0 Å². The molecule has 25 heavy (non-hydrogen) atoms. The molecule has 2 bridgehead atoms. The summed E-state index contributed by atoms with van der Waals surface area (Å²) in [6.07, 6.45) is 4.34. The topological polar surface area (TPSA) is 85.1 Å². The SMILES string of the molecule is C/C([O-])=N/[N+]1(C)CC[C@]23c4c5ccc(O)c4O[C@H]2[C@@H](O)C=C[C@H]3[C@H]1C5. The van der Waals surface area contributed by atoms with Crippen molar-refractivity contribution in [3.8, 4) is 11.5 Å². The molecule has 1 unspecified atom stereocenters. The van der Waals surface area contributed by atoms with Crippen LogP contribution in [0, 0.1) is 5.92 Å². The zero-order valence-electron chi connectivity index (χ0n) is 14.3. The number of phenolic OH excluding ortho intramolecular Hbond substituents is 1. The number of hydrogen-bond acceptors (Lipinski definition) is 5. The smallest absolute Gasteiger partial charge is 0.165 e. The van der Waals surface area contributed by atoms with Gasteiger partial charge in [0.15, 0.2) is 11.5 Å². The van der Waals surface area contributed by atoms with Crippen LogP contribution >= 0.6 is 0 Å². The van der Waals surface area contributed by atoms with E-state index in [0.29, 0.717) is 10.3 Å². The predicted octanol–water partition coefficient (Wildman–Crippen LogP) is 0.407. The Morgan fingerprint density at radius 1 is 1.40 bits per heavy atom. The first-order valence-corrected chi connectivity index (χ1v) is 8.84. The number of nitrogens with zero attached hydrogens (tertiary/aromatic N) is 2. The van der Waals surface area contributed by atoms with E-state index in [4.69, 9.17) is 4.74 Å². The van der Waals surface area contributed by atoms with Gasteiger partial charge in [-0.1, -0.05) is 18.2 Å². The number of likely N-dealkylation sites (tertiary alicyclic amines) is 1. The van der Waals surface area contributed by atoms with Crippen molar-refractivity contribution in [1.29, 1.82) is 0 Å². The minimum absolute atomic E-state index is 0.121. The van der Waals surface area contributed by atoms with E-state index < -0.39 is 12.2 Å². The number of rotatable bonds is 1. The zero-order chi connectivity index (χ0) is 17.6. The molecule has 0 aromatic heterocycles. The Labute approximate surface area is 146 Å². The third-order valence-electron chi connectivity index (χ3n) is 6.77. The molecule has 4 aliphatic rings. The minimum atomic E-state index is -0.698. The molecule has 5 rings (SSSR count). The Bertz CT molecular complexity index is 831. The van der Waals surface area contributed by atoms with Crippen molar-refractivity contribution >= 4 is 5.90 Å². The maximum Gasteiger partial charge on any atom is 0.165 e. The molecule has 132 valence electrons. The summed E-state index contributed by atoms with van der Waals surface area (Å²) in [4.78, 5) is 0. The van der Waals surface area contributed by atoms with Gasteiger partial charge in [0.1, 0.15) is 24.8 Å². The Hall–Kier alpha value is -2.05. The largest absolute Gasteiger partial charge is 0.858 e. The van der Waals surface area contributed by atoms with E-state index in [1.165, 1.54) is 6.92 Å². The number of hydrogen-bond donors (Lipinski definition) is 2. The molecule has 0 saturated carbocycles. The van der Waals surface area contributed by atoms with Crippen LogP contribution in [-0.2, 0) is 11.8 Å². The van der Waals surface area contributed by atoms with Gasteiger partial charge in [-0.15, -0.1) is 5.10 Å². The molecule has 6 heteroatoms. The lowest BCUT2D eigenvalue weighted by Gasteiger charge is -2.57. The fourth-order valence-corrected chi connectivity index (χ4v) is 5.85. The second-order valence-corrected chi connectivity index (χ2v) is 8.01. The molecule has 1 fully saturated rings. The number of aliphatic hydroxyl groups is 1. The van der Waals surface area contributed by atoms with E-state index >= 15 is 0 Å². The van der Waals surface area contributed by atoms with Crippen LogP contribution in [0.4, 0.5) is 0 Å². The summed E-state index contributed by atoms with van der Waals surface area (Å²) in [5, 5.41) is 37.1. The molecule has 1 aromatic rings. The molecular weight excluding hydrogens is 320 g/mol. The Morgan fingerprint density at radius 3 is 2.96 bits per heavy atom. The predicted molar refractivity (Wildman–Crippen MR) is 89.1 cm³/mol. The van der Waals surface area contributed by atoms with Gasteiger partial charge in [0.05, 0.1) is 12.5 Å². The first-order valence-electron chi connectivity index (χ1n) is 8.84. The lowest BCUT2D eigenvalue weighted by molar-refractivity contribution is -0.951. The lowest BCUT2D eigenvalue weighted by Crippen LogP contribution is -2.69. The quantitative estimate of drug-likeness (QED) is 0.335. The van der Waals surface area contributed by atoms with Gasteiger partial charge >= 0.3 is 0 Å². The summed E-state index contributed by atoms with van der Waals surface area (Å²) in [6, 6.07) is 3.75. The summed E-state index contributed by atoms with van der Waals surface area (Å²) < 4.78 is 6.48. The van der Waals surface area contributed by atoms with Crippen molar-refractivity contribution < 1.29 is 24.6 Å². The van der Waals surface area contributed by atoms with E-state index in [1.807, 2.05) is 13.1 Å². The fraction of sp³-hybridized carbons (Fsp3) is 0.526. The van der Waals surface area contributed by atoms with Gasteiger partial charge in [-0.2, -0.15) is 4.59 Å². The molecule has 1 saturated heterocycles. The molecule has 6 nitrogen and oxygen atoms in total. The standard InChI is InChI=1S/C19H22N2O4/c1-10(22)20-21(2)8-7-19-12-4-6-15(24)18(19)25-17-14(23)5-3-11(16(17)19)9-13(12)21/h3-6,12-13,15,18,24H,7-9H2,1-2H3,(H-,20,22,23)/t12-,13+,15-,18-,19-,21?/m0/s1. The maximum absolute atomic E-state index is 11.8. The summed E-state index contributed by atoms with van der Waals surface area (Å²) in [6.45, 7) is 2.22. The molecule has 2 N–H and O–H groups in total. The van der Waals surface area contributed by atoms with Crippen LogP contribution < -0.4 is 9.84 Å². The number of piperidine rings is 1. The van der Waals surface area contributed by atoms with Crippen LogP contribution in [0.15, 0.2) is 29.4 Å². The van der Waals surface area contributed by atoms with Gasteiger partial charge in [-0.25, -0.2) is 0 Å². The Morgan fingerprint density at radius 2 is 2.20 bits per heavy atom. The normalized spacial score (nSPS) is 43.6. The third-order valence-corrected chi connectivity index (χ3v) is 6.77. The van der Waals surface area contributed by atoms with Crippen molar-refractivity contribution in [2.24, 2.45) is 11.0 Å².